The van der Waals surface area contributed by atoms with Crippen molar-refractivity contribution in [1.29, 1.82) is 5.26 Å². The number of aromatic nitrogens is 1. The summed E-state index contributed by atoms with van der Waals surface area (Å²) in [7, 11) is 1.71. The maximum absolute atomic E-state index is 11.5. The van der Waals surface area contributed by atoms with Crippen LogP contribution in [-0.4, -0.2) is 35.1 Å². The molecule has 0 N–H and O–H groups in total. The zero-order valence-electron chi connectivity index (χ0n) is 8.34. The highest BCUT2D eigenvalue weighted by Gasteiger charge is 2.09. The Kier molecular flexibility index (Phi) is 5.15. The first-order valence-electron chi connectivity index (χ1n) is 4.37. The number of amides is 1. The fourth-order valence-corrected chi connectivity index (χ4v) is 2.44. The van der Waals surface area contributed by atoms with Gasteiger partial charge in [-0.1, -0.05) is 11.8 Å². The Morgan fingerprint density at radius 2 is 2.60 bits per heavy atom. The largest absolute Gasteiger partial charge is 0.344 e. The van der Waals surface area contributed by atoms with Gasteiger partial charge in [0.1, 0.15) is 4.34 Å². The lowest BCUT2D eigenvalue weighted by molar-refractivity contribution is -0.127. The number of hydrogen-bond acceptors (Lipinski definition) is 5. The topological polar surface area (TPSA) is 57.0 Å². The van der Waals surface area contributed by atoms with Gasteiger partial charge < -0.3 is 4.90 Å². The smallest absolute Gasteiger partial charge is 0.232 e. The third kappa shape index (κ3) is 4.32. The highest BCUT2D eigenvalue weighted by molar-refractivity contribution is 8.01. The van der Waals surface area contributed by atoms with Crippen LogP contribution in [0.1, 0.15) is 6.42 Å². The van der Waals surface area contributed by atoms with Crippen LogP contribution < -0.4 is 0 Å². The van der Waals surface area contributed by atoms with E-state index in [1.807, 2.05) is 11.4 Å². The molecule has 4 nitrogen and oxygen atoms in total. The molecular formula is C9H11N3OS2. The van der Waals surface area contributed by atoms with Gasteiger partial charge >= 0.3 is 0 Å². The van der Waals surface area contributed by atoms with E-state index in [4.69, 9.17) is 5.26 Å². The molecule has 1 rings (SSSR count). The summed E-state index contributed by atoms with van der Waals surface area (Å²) < 4.78 is 0.900. The van der Waals surface area contributed by atoms with E-state index >= 15 is 0 Å². The fourth-order valence-electron chi connectivity index (χ4n) is 0.858. The highest BCUT2D eigenvalue weighted by Crippen LogP contribution is 2.20. The molecule has 15 heavy (non-hydrogen) atoms. The summed E-state index contributed by atoms with van der Waals surface area (Å²) in [5.74, 6) is 0.417. The average molecular weight is 241 g/mol. The molecule has 0 aliphatic carbocycles. The van der Waals surface area contributed by atoms with Crippen molar-refractivity contribution in [1.82, 2.24) is 9.88 Å². The minimum atomic E-state index is 0.0328. The van der Waals surface area contributed by atoms with E-state index in [1.54, 1.807) is 18.1 Å². The van der Waals surface area contributed by atoms with Gasteiger partial charge in [-0.05, 0) is 0 Å². The van der Waals surface area contributed by atoms with Crippen LogP contribution >= 0.6 is 23.1 Å². The van der Waals surface area contributed by atoms with Crippen LogP contribution in [0.2, 0.25) is 0 Å². The zero-order valence-corrected chi connectivity index (χ0v) is 9.98. The Hall–Kier alpha value is -1.06. The predicted molar refractivity (Wildman–Crippen MR) is 60.7 cm³/mol. The molecule has 0 aliphatic rings. The number of carbonyl (C=O) groups is 1. The summed E-state index contributed by atoms with van der Waals surface area (Å²) in [6.07, 6.45) is 2.10. The van der Waals surface area contributed by atoms with Crippen molar-refractivity contribution in [2.45, 2.75) is 10.8 Å². The first-order chi connectivity index (χ1) is 7.24. The van der Waals surface area contributed by atoms with Crippen molar-refractivity contribution in [2.24, 2.45) is 0 Å². The second-order valence-electron chi connectivity index (χ2n) is 2.81. The Balaban J connectivity index is 2.27. The van der Waals surface area contributed by atoms with E-state index in [0.717, 1.165) is 4.34 Å². The normalized spacial score (nSPS) is 9.60. The molecule has 0 saturated heterocycles. The number of rotatable bonds is 5. The van der Waals surface area contributed by atoms with E-state index in [2.05, 4.69) is 4.98 Å². The van der Waals surface area contributed by atoms with Gasteiger partial charge in [-0.25, -0.2) is 4.98 Å². The SMILES string of the molecule is CN(CCC#N)C(=O)CSc1nccs1. The van der Waals surface area contributed by atoms with E-state index in [1.165, 1.54) is 23.1 Å². The quantitative estimate of drug-likeness (QED) is 0.735. The van der Waals surface area contributed by atoms with Gasteiger partial charge in [-0.2, -0.15) is 5.26 Å². The molecule has 0 bridgehead atoms. The number of nitrogens with zero attached hydrogens (tertiary/aromatic N) is 3. The van der Waals surface area contributed by atoms with Gasteiger partial charge in [0.15, 0.2) is 0 Å². The number of carbonyl (C=O) groups excluding carboxylic acids is 1. The Bertz CT molecular complexity index is 345. The second kappa shape index (κ2) is 6.43. The van der Waals surface area contributed by atoms with Crippen molar-refractivity contribution >= 4 is 29.0 Å². The maximum atomic E-state index is 11.5. The summed E-state index contributed by atoms with van der Waals surface area (Å²) in [6.45, 7) is 0.494. The molecule has 0 fully saturated rings. The Labute approximate surface area is 96.9 Å². The minimum absolute atomic E-state index is 0.0328. The second-order valence-corrected chi connectivity index (χ2v) is 4.93. The van der Waals surface area contributed by atoms with Gasteiger partial charge in [-0.15, -0.1) is 11.3 Å². The molecule has 0 unspecified atom stereocenters. The fraction of sp³-hybridized carbons (Fsp3) is 0.444. The van der Waals surface area contributed by atoms with Crippen molar-refractivity contribution in [3.8, 4) is 6.07 Å². The minimum Gasteiger partial charge on any atom is -0.344 e. The molecular weight excluding hydrogens is 230 g/mol. The third-order valence-electron chi connectivity index (χ3n) is 1.71. The molecule has 0 spiro atoms. The van der Waals surface area contributed by atoms with Gasteiger partial charge in [0.2, 0.25) is 5.91 Å². The number of nitriles is 1. The third-order valence-corrected chi connectivity index (χ3v) is 3.66. The number of thiazole rings is 1. The van der Waals surface area contributed by atoms with Crippen LogP contribution in [0, 0.1) is 11.3 Å². The summed E-state index contributed by atoms with van der Waals surface area (Å²) in [5, 5.41) is 10.3. The predicted octanol–water partition coefficient (Wildman–Crippen LogP) is 1.61. The number of thioether (sulfide) groups is 1. The van der Waals surface area contributed by atoms with Gasteiger partial charge in [0, 0.05) is 25.2 Å². The zero-order chi connectivity index (χ0) is 11.1. The van der Waals surface area contributed by atoms with Crippen molar-refractivity contribution in [2.75, 3.05) is 19.3 Å². The van der Waals surface area contributed by atoms with Gasteiger partial charge in [-0.3, -0.25) is 4.79 Å². The molecule has 0 atom stereocenters. The molecule has 1 amide bonds. The highest BCUT2D eigenvalue weighted by atomic mass is 32.2. The lowest BCUT2D eigenvalue weighted by Crippen LogP contribution is -2.29. The standard InChI is InChI=1S/C9H11N3OS2/c1-12(5-2-3-10)8(13)7-15-9-11-4-6-14-9/h4,6H,2,5,7H2,1H3. The van der Waals surface area contributed by atoms with Gasteiger partial charge in [0.25, 0.3) is 0 Å². The van der Waals surface area contributed by atoms with E-state index in [0.29, 0.717) is 18.7 Å². The van der Waals surface area contributed by atoms with Crippen LogP contribution in [0.15, 0.2) is 15.9 Å². The Morgan fingerprint density at radius 1 is 1.80 bits per heavy atom. The lowest BCUT2D eigenvalue weighted by atomic mass is 10.4. The molecule has 6 heteroatoms. The van der Waals surface area contributed by atoms with Crippen LogP contribution in [0.3, 0.4) is 0 Å². The van der Waals surface area contributed by atoms with E-state index < -0.39 is 0 Å². The van der Waals surface area contributed by atoms with Crippen LogP contribution in [0.4, 0.5) is 0 Å². The van der Waals surface area contributed by atoms with Crippen molar-refractivity contribution in [3.05, 3.63) is 11.6 Å². The van der Waals surface area contributed by atoms with E-state index in [9.17, 15) is 4.79 Å². The average Bonchev–Trinajstić information content (AvgIpc) is 2.75. The molecule has 1 heterocycles. The van der Waals surface area contributed by atoms with Crippen LogP contribution in [-0.2, 0) is 4.79 Å². The monoisotopic (exact) mass is 241 g/mol. The summed E-state index contributed by atoms with van der Waals surface area (Å²) in [5.41, 5.74) is 0. The maximum Gasteiger partial charge on any atom is 0.232 e. The molecule has 1 aromatic rings. The molecule has 0 aliphatic heterocycles. The van der Waals surface area contributed by atoms with E-state index in [-0.39, 0.29) is 5.91 Å². The van der Waals surface area contributed by atoms with Crippen molar-refractivity contribution < 1.29 is 4.79 Å². The van der Waals surface area contributed by atoms with Crippen LogP contribution in [0.25, 0.3) is 0 Å². The number of hydrogen-bond donors (Lipinski definition) is 0. The summed E-state index contributed by atoms with van der Waals surface area (Å²) in [6, 6.07) is 2.01. The first kappa shape index (κ1) is 12.0. The van der Waals surface area contributed by atoms with Crippen LogP contribution in [0.5, 0.6) is 0 Å². The molecule has 0 radical (unpaired) electrons. The summed E-state index contributed by atoms with van der Waals surface area (Å²) in [4.78, 5) is 17.2. The van der Waals surface area contributed by atoms with Gasteiger partial charge in [0.05, 0.1) is 18.2 Å². The Morgan fingerprint density at radius 3 is 3.20 bits per heavy atom. The molecule has 1 aromatic heterocycles. The van der Waals surface area contributed by atoms with Crippen molar-refractivity contribution in [3.63, 3.8) is 0 Å². The lowest BCUT2D eigenvalue weighted by Gasteiger charge is -2.14. The molecule has 0 saturated carbocycles. The molecule has 80 valence electrons. The molecule has 0 aromatic carbocycles. The first-order valence-corrected chi connectivity index (χ1v) is 6.23. The summed E-state index contributed by atoms with van der Waals surface area (Å²) >= 11 is 2.95.